The lowest BCUT2D eigenvalue weighted by Crippen LogP contribution is -2.48. The number of hydrogen-bond donors (Lipinski definition) is 3. The van der Waals surface area contributed by atoms with E-state index < -0.39 is 18.1 Å². The molecule has 21 heavy (non-hydrogen) atoms. The van der Waals surface area contributed by atoms with E-state index in [0.29, 0.717) is 11.6 Å². The molecule has 0 aliphatic carbocycles. The molecule has 0 radical (unpaired) electrons. The fraction of sp³-hybridized carbons (Fsp3) is 0.643. The molecule has 3 N–H and O–H groups in total. The Morgan fingerprint density at radius 3 is 2.52 bits per heavy atom. The van der Waals surface area contributed by atoms with Gasteiger partial charge in [0.25, 0.3) is 0 Å². The van der Waals surface area contributed by atoms with Crippen LogP contribution in [-0.2, 0) is 9.59 Å². The Kier molecular flexibility index (Phi) is 6.77. The first-order valence-electron chi connectivity index (χ1n) is 7.06. The van der Waals surface area contributed by atoms with Crippen molar-refractivity contribution < 1.29 is 14.7 Å². The first kappa shape index (κ1) is 17.6. The number of carbonyl (C=O) groups excluding carboxylic acids is 2. The van der Waals surface area contributed by atoms with Gasteiger partial charge in [0.15, 0.2) is 5.13 Å². The van der Waals surface area contributed by atoms with Gasteiger partial charge in [0.05, 0.1) is 0 Å². The first-order valence-corrected chi connectivity index (χ1v) is 7.88. The predicted octanol–water partition coefficient (Wildman–Crippen LogP) is 1.69. The van der Waals surface area contributed by atoms with Gasteiger partial charge < -0.3 is 15.7 Å². The van der Waals surface area contributed by atoms with Crippen LogP contribution < -0.4 is 10.6 Å². The van der Waals surface area contributed by atoms with Crippen molar-refractivity contribution in [2.24, 2.45) is 5.92 Å². The third kappa shape index (κ3) is 5.43. The Bertz CT molecular complexity index is 488. The topological polar surface area (TPSA) is 91.3 Å². The van der Waals surface area contributed by atoms with Gasteiger partial charge in [-0.3, -0.25) is 9.59 Å². The third-order valence-corrected chi connectivity index (χ3v) is 3.79. The molecule has 0 bridgehead atoms. The second-order valence-corrected chi connectivity index (χ2v) is 6.54. The average molecular weight is 313 g/mol. The number of aromatic nitrogens is 1. The molecule has 7 heteroatoms. The normalized spacial score (nSPS) is 13.8. The molecule has 0 aliphatic heterocycles. The van der Waals surface area contributed by atoms with Crippen molar-refractivity contribution in [2.75, 3.05) is 5.32 Å². The molecule has 1 heterocycles. The van der Waals surface area contributed by atoms with Crippen molar-refractivity contribution in [3.05, 3.63) is 11.1 Å². The summed E-state index contributed by atoms with van der Waals surface area (Å²) in [6.45, 7) is 7.32. The summed E-state index contributed by atoms with van der Waals surface area (Å²) in [7, 11) is 0. The van der Waals surface area contributed by atoms with Gasteiger partial charge >= 0.3 is 0 Å². The number of aryl methyl sites for hydroxylation is 1. The molecule has 0 spiro atoms. The number of carbonyl (C=O) groups is 2. The molecule has 2 unspecified atom stereocenters. The minimum absolute atomic E-state index is 0.197. The zero-order valence-electron chi connectivity index (χ0n) is 12.8. The zero-order valence-corrected chi connectivity index (χ0v) is 13.7. The average Bonchev–Trinajstić information content (AvgIpc) is 2.82. The van der Waals surface area contributed by atoms with Gasteiger partial charge in [0.2, 0.25) is 11.8 Å². The van der Waals surface area contributed by atoms with E-state index in [-0.39, 0.29) is 11.8 Å². The number of thiazole rings is 1. The Morgan fingerprint density at radius 2 is 2.05 bits per heavy atom. The number of amides is 2. The third-order valence-electron chi connectivity index (χ3n) is 2.96. The number of nitrogens with zero attached hydrogens (tertiary/aromatic N) is 1. The predicted molar refractivity (Wildman–Crippen MR) is 83.2 cm³/mol. The van der Waals surface area contributed by atoms with E-state index in [1.165, 1.54) is 11.3 Å². The van der Waals surface area contributed by atoms with E-state index in [1.54, 1.807) is 20.0 Å². The van der Waals surface area contributed by atoms with Crippen LogP contribution in [0, 0.1) is 12.8 Å². The first-order chi connectivity index (χ1) is 9.85. The highest BCUT2D eigenvalue weighted by atomic mass is 32.1. The van der Waals surface area contributed by atoms with Crippen LogP contribution in [0.3, 0.4) is 0 Å². The van der Waals surface area contributed by atoms with E-state index in [4.69, 9.17) is 0 Å². The standard InChI is InChI=1S/C14H23N3O3S/c1-5-6-10(16-13(20)11(18)8(2)3)12(19)17-14-15-7-9(4)21-14/h7-8,10-11,18H,5-6H2,1-4H3,(H,16,20)(H,15,17,19). The molecule has 2 amide bonds. The van der Waals surface area contributed by atoms with Crippen LogP contribution in [-0.4, -0.2) is 34.1 Å². The van der Waals surface area contributed by atoms with Crippen molar-refractivity contribution in [3.63, 3.8) is 0 Å². The summed E-state index contributed by atoms with van der Waals surface area (Å²) in [6, 6.07) is -0.667. The van der Waals surface area contributed by atoms with E-state index in [1.807, 2.05) is 13.8 Å². The SMILES string of the molecule is CCCC(NC(=O)C(O)C(C)C)C(=O)Nc1ncc(C)s1. The maximum absolute atomic E-state index is 12.2. The monoisotopic (exact) mass is 313 g/mol. The second-order valence-electron chi connectivity index (χ2n) is 5.30. The van der Waals surface area contributed by atoms with Crippen LogP contribution >= 0.6 is 11.3 Å². The van der Waals surface area contributed by atoms with Gasteiger partial charge in [-0.05, 0) is 19.3 Å². The fourth-order valence-electron chi connectivity index (χ4n) is 1.72. The van der Waals surface area contributed by atoms with Crippen LogP contribution in [0.15, 0.2) is 6.20 Å². The maximum Gasteiger partial charge on any atom is 0.249 e. The molecule has 0 saturated carbocycles. The maximum atomic E-state index is 12.2. The molecule has 1 rings (SSSR count). The van der Waals surface area contributed by atoms with Crippen LogP contribution in [0.4, 0.5) is 5.13 Å². The summed E-state index contributed by atoms with van der Waals surface area (Å²) in [5, 5.41) is 15.5. The molecule has 0 aliphatic rings. The number of anilines is 1. The van der Waals surface area contributed by atoms with Crippen molar-refractivity contribution in [2.45, 2.75) is 52.7 Å². The summed E-state index contributed by atoms with van der Waals surface area (Å²) in [4.78, 5) is 29.1. The number of aliphatic hydroxyl groups excluding tert-OH is 1. The number of aliphatic hydroxyl groups is 1. The van der Waals surface area contributed by atoms with E-state index in [9.17, 15) is 14.7 Å². The van der Waals surface area contributed by atoms with Gasteiger partial charge in [0, 0.05) is 11.1 Å². The molecule has 0 aromatic carbocycles. The summed E-state index contributed by atoms with van der Waals surface area (Å²) in [5.41, 5.74) is 0. The van der Waals surface area contributed by atoms with Crippen LogP contribution in [0.25, 0.3) is 0 Å². The molecule has 118 valence electrons. The summed E-state index contributed by atoms with van der Waals surface area (Å²) in [6.07, 6.45) is 1.81. The van der Waals surface area contributed by atoms with Gasteiger partial charge in [-0.2, -0.15) is 0 Å². The Labute approximate surface area is 129 Å². The highest BCUT2D eigenvalue weighted by Gasteiger charge is 2.25. The van der Waals surface area contributed by atoms with E-state index >= 15 is 0 Å². The Morgan fingerprint density at radius 1 is 1.38 bits per heavy atom. The highest BCUT2D eigenvalue weighted by molar-refractivity contribution is 7.15. The van der Waals surface area contributed by atoms with Crippen molar-refractivity contribution in [1.82, 2.24) is 10.3 Å². The lowest BCUT2D eigenvalue weighted by Gasteiger charge is -2.20. The zero-order chi connectivity index (χ0) is 16.0. The van der Waals surface area contributed by atoms with Crippen molar-refractivity contribution in [1.29, 1.82) is 0 Å². The lowest BCUT2D eigenvalue weighted by atomic mass is 10.1. The summed E-state index contributed by atoms with van der Waals surface area (Å²) >= 11 is 1.38. The smallest absolute Gasteiger partial charge is 0.249 e. The number of hydrogen-bond acceptors (Lipinski definition) is 5. The Hall–Kier alpha value is -1.47. The second kappa shape index (κ2) is 8.09. The molecule has 0 fully saturated rings. The summed E-state index contributed by atoms with van der Waals surface area (Å²) in [5.74, 6) is -1.03. The molecular weight excluding hydrogens is 290 g/mol. The Balaban J connectivity index is 2.67. The van der Waals surface area contributed by atoms with E-state index in [0.717, 1.165) is 11.3 Å². The van der Waals surface area contributed by atoms with Gasteiger partial charge in [0.1, 0.15) is 12.1 Å². The lowest BCUT2D eigenvalue weighted by molar-refractivity contribution is -0.134. The molecular formula is C14H23N3O3S. The minimum Gasteiger partial charge on any atom is -0.383 e. The van der Waals surface area contributed by atoms with Gasteiger partial charge in [-0.1, -0.05) is 27.2 Å². The minimum atomic E-state index is -1.11. The molecule has 1 aromatic rings. The van der Waals surface area contributed by atoms with Gasteiger partial charge in [-0.15, -0.1) is 11.3 Å². The van der Waals surface area contributed by atoms with Crippen molar-refractivity contribution >= 4 is 28.3 Å². The molecule has 1 aromatic heterocycles. The van der Waals surface area contributed by atoms with Crippen LogP contribution in [0.1, 0.15) is 38.5 Å². The highest BCUT2D eigenvalue weighted by Crippen LogP contribution is 2.17. The number of nitrogens with one attached hydrogen (secondary N) is 2. The largest absolute Gasteiger partial charge is 0.383 e. The molecule has 6 nitrogen and oxygen atoms in total. The number of rotatable bonds is 7. The van der Waals surface area contributed by atoms with Crippen LogP contribution in [0.2, 0.25) is 0 Å². The van der Waals surface area contributed by atoms with E-state index in [2.05, 4.69) is 15.6 Å². The van der Waals surface area contributed by atoms with Gasteiger partial charge in [-0.25, -0.2) is 4.98 Å². The van der Waals surface area contributed by atoms with Crippen LogP contribution in [0.5, 0.6) is 0 Å². The van der Waals surface area contributed by atoms with Crippen molar-refractivity contribution in [3.8, 4) is 0 Å². The fourth-order valence-corrected chi connectivity index (χ4v) is 2.39. The molecule has 0 saturated heterocycles. The molecule has 2 atom stereocenters. The summed E-state index contributed by atoms with van der Waals surface area (Å²) < 4.78 is 0. The quantitative estimate of drug-likeness (QED) is 0.714.